The molecule has 0 spiro atoms. The van der Waals surface area contributed by atoms with E-state index in [0.29, 0.717) is 0 Å². The van der Waals surface area contributed by atoms with Crippen LogP contribution in [0, 0.1) is 5.92 Å². The summed E-state index contributed by atoms with van der Waals surface area (Å²) in [5.41, 5.74) is 0.0283. The summed E-state index contributed by atoms with van der Waals surface area (Å²) >= 11 is 0. The molecule has 1 amide bonds. The Labute approximate surface area is 86.6 Å². The van der Waals surface area contributed by atoms with Gasteiger partial charge in [0.2, 0.25) is 5.91 Å². The maximum atomic E-state index is 11.8. The second-order valence-electron chi connectivity index (χ2n) is 4.36. The summed E-state index contributed by atoms with van der Waals surface area (Å²) in [6.07, 6.45) is 2.99. The van der Waals surface area contributed by atoms with Crippen molar-refractivity contribution < 1.29 is 4.79 Å². The normalized spacial score (nSPS) is 28.8. The highest BCUT2D eigenvalue weighted by atomic mass is 16.2. The summed E-state index contributed by atoms with van der Waals surface area (Å²) in [5, 5.41) is 6.50. The minimum absolute atomic E-state index is 0.0283. The Morgan fingerprint density at radius 1 is 1.57 bits per heavy atom. The number of carbonyl (C=O) groups excluding carboxylic acids is 1. The number of nitrogens with one attached hydrogen (secondary N) is 2. The molecule has 0 aromatic carbocycles. The fourth-order valence-corrected chi connectivity index (χ4v) is 1.81. The average molecular weight is 198 g/mol. The predicted molar refractivity (Wildman–Crippen MR) is 58.1 cm³/mol. The summed E-state index contributed by atoms with van der Waals surface area (Å²) in [5.74, 6) is 0.345. The predicted octanol–water partition coefficient (Wildman–Crippen LogP) is 1.29. The zero-order valence-corrected chi connectivity index (χ0v) is 9.52. The molecule has 1 saturated heterocycles. The first kappa shape index (κ1) is 11.5. The van der Waals surface area contributed by atoms with Crippen molar-refractivity contribution >= 4 is 5.91 Å². The number of hydrogen-bond donors (Lipinski definition) is 2. The van der Waals surface area contributed by atoms with Gasteiger partial charge in [0.15, 0.2) is 0 Å². The van der Waals surface area contributed by atoms with E-state index in [0.717, 1.165) is 32.4 Å². The van der Waals surface area contributed by atoms with Gasteiger partial charge in [0.1, 0.15) is 0 Å². The fraction of sp³-hybridized carbons (Fsp3) is 0.909. The summed E-state index contributed by atoms with van der Waals surface area (Å²) in [7, 11) is 0. The van der Waals surface area contributed by atoms with Crippen molar-refractivity contribution in [3.05, 3.63) is 0 Å². The van der Waals surface area contributed by atoms with Gasteiger partial charge in [-0.2, -0.15) is 0 Å². The van der Waals surface area contributed by atoms with E-state index in [-0.39, 0.29) is 17.4 Å². The van der Waals surface area contributed by atoms with Gasteiger partial charge in [-0.15, -0.1) is 0 Å². The zero-order valence-electron chi connectivity index (χ0n) is 9.52. The lowest BCUT2D eigenvalue weighted by atomic mass is 9.94. The molecule has 0 aromatic rings. The third kappa shape index (κ3) is 2.47. The van der Waals surface area contributed by atoms with Crippen LogP contribution >= 0.6 is 0 Å². The van der Waals surface area contributed by atoms with Crippen molar-refractivity contribution in [2.45, 2.75) is 45.6 Å². The molecule has 2 atom stereocenters. The van der Waals surface area contributed by atoms with Crippen molar-refractivity contribution in [2.75, 3.05) is 13.1 Å². The molecular weight excluding hydrogens is 176 g/mol. The van der Waals surface area contributed by atoms with Gasteiger partial charge in [0.05, 0.1) is 5.54 Å². The van der Waals surface area contributed by atoms with Crippen LogP contribution in [0.2, 0.25) is 0 Å². The summed E-state index contributed by atoms with van der Waals surface area (Å²) in [6, 6.07) is 0. The van der Waals surface area contributed by atoms with E-state index < -0.39 is 0 Å². The van der Waals surface area contributed by atoms with Crippen LogP contribution < -0.4 is 10.6 Å². The van der Waals surface area contributed by atoms with Crippen molar-refractivity contribution in [1.29, 1.82) is 0 Å². The second-order valence-corrected chi connectivity index (χ2v) is 4.36. The topological polar surface area (TPSA) is 41.1 Å². The van der Waals surface area contributed by atoms with Crippen LogP contribution in [0.3, 0.4) is 0 Å². The highest BCUT2D eigenvalue weighted by Crippen LogP contribution is 2.19. The molecule has 1 aliphatic heterocycles. The van der Waals surface area contributed by atoms with Gasteiger partial charge in [-0.25, -0.2) is 0 Å². The van der Waals surface area contributed by atoms with Crippen LogP contribution in [-0.4, -0.2) is 24.5 Å². The minimum atomic E-state index is 0.0283. The van der Waals surface area contributed by atoms with Crippen molar-refractivity contribution in [2.24, 2.45) is 5.92 Å². The highest BCUT2D eigenvalue weighted by Gasteiger charge is 2.33. The number of carbonyl (C=O) groups is 1. The average Bonchev–Trinajstić information content (AvgIpc) is 2.65. The lowest BCUT2D eigenvalue weighted by molar-refractivity contribution is -0.126. The van der Waals surface area contributed by atoms with Gasteiger partial charge >= 0.3 is 0 Å². The van der Waals surface area contributed by atoms with Crippen molar-refractivity contribution in [3.63, 3.8) is 0 Å². The Morgan fingerprint density at radius 3 is 2.71 bits per heavy atom. The maximum Gasteiger partial charge on any atom is 0.223 e. The van der Waals surface area contributed by atoms with Crippen LogP contribution in [0.15, 0.2) is 0 Å². The first-order valence-corrected chi connectivity index (χ1v) is 5.66. The Hall–Kier alpha value is -0.570. The highest BCUT2D eigenvalue weighted by molar-refractivity contribution is 5.79. The molecule has 3 heteroatoms. The Kier molecular flexibility index (Phi) is 3.93. The molecule has 0 aliphatic carbocycles. The molecule has 2 unspecified atom stereocenters. The molecule has 3 nitrogen and oxygen atoms in total. The summed E-state index contributed by atoms with van der Waals surface area (Å²) in [6.45, 7) is 8.13. The molecule has 1 fully saturated rings. The minimum Gasteiger partial charge on any atom is -0.349 e. The van der Waals surface area contributed by atoms with Gasteiger partial charge in [-0.1, -0.05) is 20.8 Å². The first-order valence-electron chi connectivity index (χ1n) is 5.66. The van der Waals surface area contributed by atoms with Gasteiger partial charge < -0.3 is 10.6 Å². The zero-order chi connectivity index (χ0) is 10.6. The van der Waals surface area contributed by atoms with Crippen molar-refractivity contribution in [1.82, 2.24) is 10.6 Å². The van der Waals surface area contributed by atoms with Gasteiger partial charge in [-0.05, 0) is 25.8 Å². The van der Waals surface area contributed by atoms with Crippen LogP contribution in [0.4, 0.5) is 0 Å². The van der Waals surface area contributed by atoms with E-state index in [1.54, 1.807) is 0 Å². The SMILES string of the molecule is CCC(C)C(=O)NC1(CC)CCNC1. The van der Waals surface area contributed by atoms with E-state index in [2.05, 4.69) is 24.5 Å². The number of rotatable bonds is 4. The molecule has 14 heavy (non-hydrogen) atoms. The molecule has 0 aromatic heterocycles. The van der Waals surface area contributed by atoms with Crippen molar-refractivity contribution in [3.8, 4) is 0 Å². The van der Waals surface area contributed by atoms with E-state index in [1.807, 2.05) is 6.92 Å². The number of hydrogen-bond acceptors (Lipinski definition) is 2. The van der Waals surface area contributed by atoms with Crippen LogP contribution in [-0.2, 0) is 4.79 Å². The quantitative estimate of drug-likeness (QED) is 0.714. The standard InChI is InChI=1S/C11H22N2O/c1-4-9(3)10(14)13-11(5-2)6-7-12-8-11/h9,12H,4-8H2,1-3H3,(H,13,14). The van der Waals surface area contributed by atoms with E-state index in [1.165, 1.54) is 0 Å². The fourth-order valence-electron chi connectivity index (χ4n) is 1.81. The number of amides is 1. The molecule has 1 rings (SSSR count). The molecule has 1 aliphatic rings. The summed E-state index contributed by atoms with van der Waals surface area (Å²) in [4.78, 5) is 11.8. The van der Waals surface area contributed by atoms with Crippen LogP contribution in [0.5, 0.6) is 0 Å². The molecule has 82 valence electrons. The second kappa shape index (κ2) is 4.78. The molecular formula is C11H22N2O. The largest absolute Gasteiger partial charge is 0.349 e. The Bertz CT molecular complexity index is 197. The first-order chi connectivity index (χ1) is 6.63. The van der Waals surface area contributed by atoms with Crippen LogP contribution in [0.25, 0.3) is 0 Å². The van der Waals surface area contributed by atoms with Crippen LogP contribution in [0.1, 0.15) is 40.0 Å². The van der Waals surface area contributed by atoms with E-state index >= 15 is 0 Å². The Balaban J connectivity index is 2.52. The van der Waals surface area contributed by atoms with E-state index in [9.17, 15) is 4.79 Å². The maximum absolute atomic E-state index is 11.8. The van der Waals surface area contributed by atoms with Gasteiger partial charge in [0, 0.05) is 12.5 Å². The molecule has 0 radical (unpaired) electrons. The molecule has 1 heterocycles. The lowest BCUT2D eigenvalue weighted by Crippen LogP contribution is -2.51. The summed E-state index contributed by atoms with van der Waals surface area (Å²) < 4.78 is 0. The van der Waals surface area contributed by atoms with Gasteiger partial charge in [0.25, 0.3) is 0 Å². The molecule has 2 N–H and O–H groups in total. The van der Waals surface area contributed by atoms with Gasteiger partial charge in [-0.3, -0.25) is 4.79 Å². The Morgan fingerprint density at radius 2 is 2.29 bits per heavy atom. The lowest BCUT2D eigenvalue weighted by Gasteiger charge is -2.29. The monoisotopic (exact) mass is 198 g/mol. The van der Waals surface area contributed by atoms with E-state index in [4.69, 9.17) is 0 Å². The third-order valence-electron chi connectivity index (χ3n) is 3.37. The third-order valence-corrected chi connectivity index (χ3v) is 3.37. The molecule has 0 saturated carbocycles. The molecule has 0 bridgehead atoms. The smallest absolute Gasteiger partial charge is 0.223 e.